The van der Waals surface area contributed by atoms with Crippen molar-refractivity contribution in [3.63, 3.8) is 0 Å². The molecule has 0 saturated heterocycles. The summed E-state index contributed by atoms with van der Waals surface area (Å²) in [5.74, 6) is 0. The molecule has 0 spiro atoms. The second kappa shape index (κ2) is 8.54. The van der Waals surface area contributed by atoms with Crippen LogP contribution < -0.4 is 11.5 Å². The fraction of sp³-hybridized carbons (Fsp3) is 0.375. The average molecular weight is 244 g/mol. The zero-order valence-electron chi connectivity index (χ0n) is 11.1. The molecule has 1 aromatic carbocycles. The minimum atomic E-state index is 0.772. The Kier molecular flexibility index (Phi) is 6.89. The third-order valence-electron chi connectivity index (χ3n) is 2.88. The van der Waals surface area contributed by atoms with Crippen LogP contribution in [0.2, 0.25) is 0 Å². The number of allylic oxidation sites excluding steroid dienone is 2. The first-order chi connectivity index (χ1) is 8.76. The molecule has 0 aliphatic heterocycles. The highest BCUT2D eigenvalue weighted by Crippen LogP contribution is 2.11. The first-order valence-electron chi connectivity index (χ1n) is 6.62. The molecule has 2 nitrogen and oxygen atoms in total. The molecular formula is C16H24N2. The van der Waals surface area contributed by atoms with Crippen molar-refractivity contribution in [1.82, 2.24) is 0 Å². The topological polar surface area (TPSA) is 52.0 Å². The van der Waals surface area contributed by atoms with Crippen LogP contribution in [0.5, 0.6) is 0 Å². The Hall–Kier alpha value is -1.54. The van der Waals surface area contributed by atoms with Gasteiger partial charge in [0.2, 0.25) is 0 Å². The number of benzene rings is 1. The molecule has 0 saturated carbocycles. The molecule has 2 heteroatoms. The minimum Gasteiger partial charge on any atom is -0.402 e. The maximum atomic E-state index is 6.00. The molecular weight excluding hydrogens is 220 g/mol. The van der Waals surface area contributed by atoms with E-state index in [9.17, 15) is 0 Å². The van der Waals surface area contributed by atoms with Crippen molar-refractivity contribution in [1.29, 1.82) is 0 Å². The molecule has 18 heavy (non-hydrogen) atoms. The lowest BCUT2D eigenvalue weighted by molar-refractivity contribution is 0.682. The lowest BCUT2D eigenvalue weighted by Crippen LogP contribution is -2.00. The van der Waals surface area contributed by atoms with Crippen LogP contribution in [0.25, 0.3) is 6.08 Å². The van der Waals surface area contributed by atoms with Gasteiger partial charge in [-0.05, 0) is 49.4 Å². The molecule has 4 N–H and O–H groups in total. The molecule has 0 heterocycles. The van der Waals surface area contributed by atoms with E-state index in [4.69, 9.17) is 11.5 Å². The quantitative estimate of drug-likeness (QED) is 0.545. The average Bonchev–Trinajstić information content (AvgIpc) is 2.37. The Morgan fingerprint density at radius 2 is 1.83 bits per heavy atom. The fourth-order valence-electron chi connectivity index (χ4n) is 1.85. The van der Waals surface area contributed by atoms with Crippen LogP contribution in [-0.4, -0.2) is 6.54 Å². The molecule has 0 amide bonds. The molecule has 0 aromatic heterocycles. The monoisotopic (exact) mass is 244 g/mol. The number of hydrogen-bond acceptors (Lipinski definition) is 2. The summed E-state index contributed by atoms with van der Waals surface area (Å²) >= 11 is 0. The summed E-state index contributed by atoms with van der Waals surface area (Å²) in [5.41, 5.74) is 14.8. The Labute approximate surface area is 110 Å². The molecule has 0 fully saturated rings. The van der Waals surface area contributed by atoms with E-state index in [1.165, 1.54) is 11.1 Å². The van der Waals surface area contributed by atoms with Crippen LogP contribution >= 0.6 is 0 Å². The zero-order valence-corrected chi connectivity index (χ0v) is 11.1. The number of nitrogens with two attached hydrogens (primary N) is 2. The molecule has 98 valence electrons. The highest BCUT2D eigenvalue weighted by Gasteiger charge is 1.95. The fourth-order valence-corrected chi connectivity index (χ4v) is 1.85. The van der Waals surface area contributed by atoms with Gasteiger partial charge < -0.3 is 11.5 Å². The first kappa shape index (κ1) is 14.5. The summed E-state index contributed by atoms with van der Waals surface area (Å²) in [7, 11) is 0. The molecule has 0 aliphatic carbocycles. The lowest BCUT2D eigenvalue weighted by Gasteiger charge is -2.03. The van der Waals surface area contributed by atoms with Gasteiger partial charge in [0, 0.05) is 5.70 Å². The van der Waals surface area contributed by atoms with E-state index in [0.29, 0.717) is 0 Å². The maximum Gasteiger partial charge on any atom is 0.00864 e. The normalized spacial score (nSPS) is 11.5. The predicted molar refractivity (Wildman–Crippen MR) is 80.0 cm³/mol. The number of unbranched alkanes of at least 4 members (excludes halogenated alkanes) is 2. The van der Waals surface area contributed by atoms with E-state index in [1.54, 1.807) is 0 Å². The van der Waals surface area contributed by atoms with Crippen molar-refractivity contribution in [2.24, 2.45) is 11.5 Å². The highest BCUT2D eigenvalue weighted by molar-refractivity contribution is 5.52. The van der Waals surface area contributed by atoms with Crippen molar-refractivity contribution >= 4 is 6.08 Å². The Morgan fingerprint density at radius 1 is 1.11 bits per heavy atom. The first-order valence-corrected chi connectivity index (χ1v) is 6.62. The van der Waals surface area contributed by atoms with Gasteiger partial charge in [-0.25, -0.2) is 0 Å². The Bertz CT molecular complexity index is 377. The van der Waals surface area contributed by atoms with Crippen LogP contribution in [0.3, 0.4) is 0 Å². The third kappa shape index (κ3) is 5.69. The van der Waals surface area contributed by atoms with Gasteiger partial charge in [-0.3, -0.25) is 0 Å². The standard InChI is InChI=1S/C16H24N2/c1-2-6-14-8-10-15(11-9-14)13-16(18)7-4-3-5-12-17/h2,8-11,13H,1,3-7,12,17-18H2/b16-13-. The lowest BCUT2D eigenvalue weighted by atomic mass is 10.1. The van der Waals surface area contributed by atoms with Crippen LogP contribution in [-0.2, 0) is 6.42 Å². The highest BCUT2D eigenvalue weighted by atomic mass is 14.6. The van der Waals surface area contributed by atoms with Gasteiger partial charge in [0.1, 0.15) is 0 Å². The van der Waals surface area contributed by atoms with Gasteiger partial charge in [-0.2, -0.15) is 0 Å². The summed E-state index contributed by atoms with van der Waals surface area (Å²) in [6.07, 6.45) is 9.20. The summed E-state index contributed by atoms with van der Waals surface area (Å²) < 4.78 is 0. The molecule has 0 atom stereocenters. The van der Waals surface area contributed by atoms with Crippen molar-refractivity contribution in [3.8, 4) is 0 Å². The van der Waals surface area contributed by atoms with Crippen molar-refractivity contribution in [3.05, 3.63) is 53.7 Å². The maximum absolute atomic E-state index is 6.00. The van der Waals surface area contributed by atoms with E-state index < -0.39 is 0 Å². The van der Waals surface area contributed by atoms with Gasteiger partial charge in [-0.15, -0.1) is 6.58 Å². The third-order valence-corrected chi connectivity index (χ3v) is 2.88. The summed E-state index contributed by atoms with van der Waals surface area (Å²) in [6.45, 7) is 4.51. The van der Waals surface area contributed by atoms with Gasteiger partial charge in [0.15, 0.2) is 0 Å². The molecule has 0 radical (unpaired) electrons. The summed E-state index contributed by atoms with van der Waals surface area (Å²) in [6, 6.07) is 8.45. The van der Waals surface area contributed by atoms with Gasteiger partial charge in [-0.1, -0.05) is 36.8 Å². The number of hydrogen-bond donors (Lipinski definition) is 2. The van der Waals surface area contributed by atoms with E-state index in [1.807, 2.05) is 6.08 Å². The molecule has 0 bridgehead atoms. The molecule has 1 rings (SSSR count). The predicted octanol–water partition coefficient (Wildman–Crippen LogP) is 3.23. The van der Waals surface area contributed by atoms with Crippen LogP contribution in [0, 0.1) is 0 Å². The smallest absolute Gasteiger partial charge is 0.00864 e. The second-order valence-corrected chi connectivity index (χ2v) is 4.55. The zero-order chi connectivity index (χ0) is 13.2. The van der Waals surface area contributed by atoms with E-state index in [-0.39, 0.29) is 0 Å². The van der Waals surface area contributed by atoms with Gasteiger partial charge in [0.05, 0.1) is 0 Å². The van der Waals surface area contributed by atoms with Gasteiger partial charge in [0.25, 0.3) is 0 Å². The van der Waals surface area contributed by atoms with Gasteiger partial charge >= 0.3 is 0 Å². The van der Waals surface area contributed by atoms with Crippen LogP contribution in [0.15, 0.2) is 42.6 Å². The van der Waals surface area contributed by atoms with Crippen LogP contribution in [0.1, 0.15) is 36.8 Å². The summed E-state index contributed by atoms with van der Waals surface area (Å²) in [4.78, 5) is 0. The minimum absolute atomic E-state index is 0.772. The molecule has 0 unspecified atom stereocenters. The van der Waals surface area contributed by atoms with Crippen molar-refractivity contribution in [2.75, 3.05) is 6.54 Å². The largest absolute Gasteiger partial charge is 0.402 e. The second-order valence-electron chi connectivity index (χ2n) is 4.55. The molecule has 0 aliphatic rings. The Balaban J connectivity index is 2.46. The summed E-state index contributed by atoms with van der Waals surface area (Å²) in [5, 5.41) is 0. The molecule has 1 aromatic rings. The van der Waals surface area contributed by atoms with E-state index in [2.05, 4.69) is 36.9 Å². The van der Waals surface area contributed by atoms with Crippen molar-refractivity contribution < 1.29 is 0 Å². The van der Waals surface area contributed by atoms with E-state index >= 15 is 0 Å². The SMILES string of the molecule is C=CCc1ccc(/C=C(\N)CCCCCN)cc1. The Morgan fingerprint density at radius 3 is 2.44 bits per heavy atom. The van der Waals surface area contributed by atoms with E-state index in [0.717, 1.165) is 44.3 Å². The number of rotatable bonds is 8. The van der Waals surface area contributed by atoms with Crippen molar-refractivity contribution in [2.45, 2.75) is 32.1 Å². The van der Waals surface area contributed by atoms with Crippen LogP contribution in [0.4, 0.5) is 0 Å².